The van der Waals surface area contributed by atoms with E-state index < -0.39 is 5.60 Å². The first kappa shape index (κ1) is 16.3. The van der Waals surface area contributed by atoms with Crippen molar-refractivity contribution in [3.63, 3.8) is 0 Å². The van der Waals surface area contributed by atoms with E-state index in [1.807, 2.05) is 37.8 Å². The van der Waals surface area contributed by atoms with Crippen LogP contribution in [0.5, 0.6) is 0 Å². The molecule has 116 valence electrons. The lowest BCUT2D eigenvalue weighted by atomic mass is 9.89. The molecule has 0 spiro atoms. The summed E-state index contributed by atoms with van der Waals surface area (Å²) in [5.74, 6) is 0.387. The predicted octanol–water partition coefficient (Wildman–Crippen LogP) is 5.16. The SMILES string of the molecule is CC(C)C1CCc2cccc(Br)c2N1C(=O)OC(C)(C)C. The minimum Gasteiger partial charge on any atom is -0.443 e. The van der Waals surface area contributed by atoms with Crippen molar-refractivity contribution in [3.05, 3.63) is 28.2 Å². The summed E-state index contributed by atoms with van der Waals surface area (Å²) in [4.78, 5) is 14.6. The maximum Gasteiger partial charge on any atom is 0.415 e. The standard InChI is InChI=1S/C17H24BrNO2/c1-11(2)14-10-9-12-7-6-8-13(18)15(12)19(14)16(20)21-17(3,4)5/h6-8,11,14H,9-10H2,1-5H3. The monoisotopic (exact) mass is 353 g/mol. The van der Waals surface area contributed by atoms with Gasteiger partial charge >= 0.3 is 6.09 Å². The lowest BCUT2D eigenvalue weighted by molar-refractivity contribution is 0.0550. The molecule has 0 saturated heterocycles. The summed E-state index contributed by atoms with van der Waals surface area (Å²) in [6.45, 7) is 10.0. The van der Waals surface area contributed by atoms with Gasteiger partial charge in [0.15, 0.2) is 0 Å². The quantitative estimate of drug-likeness (QED) is 0.697. The molecule has 21 heavy (non-hydrogen) atoms. The molecule has 1 amide bonds. The van der Waals surface area contributed by atoms with Gasteiger partial charge in [0.2, 0.25) is 0 Å². The van der Waals surface area contributed by atoms with Crippen LogP contribution < -0.4 is 4.90 Å². The van der Waals surface area contributed by atoms with Crippen molar-refractivity contribution in [3.8, 4) is 0 Å². The number of hydrogen-bond acceptors (Lipinski definition) is 2. The second kappa shape index (κ2) is 5.99. The van der Waals surface area contributed by atoms with Gasteiger partial charge in [0, 0.05) is 10.5 Å². The van der Waals surface area contributed by atoms with Gasteiger partial charge in [-0.1, -0.05) is 26.0 Å². The normalized spacial score (nSPS) is 18.6. The van der Waals surface area contributed by atoms with Crippen LogP contribution in [0.15, 0.2) is 22.7 Å². The Labute approximate surface area is 135 Å². The van der Waals surface area contributed by atoms with E-state index >= 15 is 0 Å². The number of ether oxygens (including phenoxy) is 1. The van der Waals surface area contributed by atoms with Gasteiger partial charge in [0.1, 0.15) is 5.60 Å². The molecule has 4 heteroatoms. The van der Waals surface area contributed by atoms with E-state index in [1.54, 1.807) is 0 Å². The molecule has 0 bridgehead atoms. The van der Waals surface area contributed by atoms with Crippen LogP contribution in [-0.2, 0) is 11.2 Å². The van der Waals surface area contributed by atoms with Crippen LogP contribution in [0, 0.1) is 5.92 Å². The minimum absolute atomic E-state index is 0.172. The van der Waals surface area contributed by atoms with Gasteiger partial charge < -0.3 is 4.74 Å². The van der Waals surface area contributed by atoms with Crippen LogP contribution in [-0.4, -0.2) is 17.7 Å². The molecular weight excluding hydrogens is 330 g/mol. The van der Waals surface area contributed by atoms with Gasteiger partial charge in [-0.05, 0) is 67.1 Å². The number of benzene rings is 1. The molecule has 3 nitrogen and oxygen atoms in total. The Morgan fingerprint density at radius 1 is 1.38 bits per heavy atom. The molecule has 0 fully saturated rings. The van der Waals surface area contributed by atoms with E-state index in [1.165, 1.54) is 5.56 Å². The van der Waals surface area contributed by atoms with Gasteiger partial charge in [0.25, 0.3) is 0 Å². The highest BCUT2D eigenvalue weighted by Crippen LogP contribution is 2.39. The first-order chi connectivity index (χ1) is 9.70. The number of anilines is 1. The van der Waals surface area contributed by atoms with Crippen molar-refractivity contribution in [2.75, 3.05) is 4.90 Å². The van der Waals surface area contributed by atoms with Crippen molar-refractivity contribution < 1.29 is 9.53 Å². The average molecular weight is 354 g/mol. The highest BCUT2D eigenvalue weighted by Gasteiger charge is 2.36. The molecule has 2 rings (SSSR count). The highest BCUT2D eigenvalue weighted by molar-refractivity contribution is 9.10. The fourth-order valence-corrected chi connectivity index (χ4v) is 3.40. The summed E-state index contributed by atoms with van der Waals surface area (Å²) in [5, 5.41) is 0. The van der Waals surface area contributed by atoms with Gasteiger partial charge in [-0.15, -0.1) is 0 Å². The largest absolute Gasteiger partial charge is 0.443 e. The maximum absolute atomic E-state index is 12.7. The summed E-state index contributed by atoms with van der Waals surface area (Å²) in [5.41, 5.74) is 1.68. The summed E-state index contributed by atoms with van der Waals surface area (Å²) >= 11 is 3.60. The number of hydrogen-bond donors (Lipinski definition) is 0. The van der Waals surface area contributed by atoms with Gasteiger partial charge in [-0.2, -0.15) is 0 Å². The molecular formula is C17H24BrNO2. The number of carbonyl (C=O) groups is 1. The Kier molecular flexibility index (Phi) is 4.66. The number of para-hydroxylation sites is 1. The van der Waals surface area contributed by atoms with E-state index in [-0.39, 0.29) is 12.1 Å². The third-order valence-electron chi connectivity index (χ3n) is 3.71. The first-order valence-corrected chi connectivity index (χ1v) is 8.29. The predicted molar refractivity (Wildman–Crippen MR) is 89.8 cm³/mol. The zero-order chi connectivity index (χ0) is 15.8. The summed E-state index contributed by atoms with van der Waals surface area (Å²) in [7, 11) is 0. The second-order valence-corrected chi connectivity index (χ2v) is 7.80. The molecule has 0 radical (unpaired) electrons. The van der Waals surface area contributed by atoms with Crippen LogP contribution >= 0.6 is 15.9 Å². The third kappa shape index (κ3) is 3.60. The van der Waals surface area contributed by atoms with Gasteiger partial charge in [0.05, 0.1) is 5.69 Å². The van der Waals surface area contributed by atoms with E-state index in [4.69, 9.17) is 4.74 Å². The molecule has 0 N–H and O–H groups in total. The lowest BCUT2D eigenvalue weighted by Gasteiger charge is -2.40. The van der Waals surface area contributed by atoms with E-state index in [2.05, 4.69) is 35.8 Å². The number of nitrogens with zero attached hydrogens (tertiary/aromatic N) is 1. The molecule has 0 aromatic heterocycles. The van der Waals surface area contributed by atoms with Crippen molar-refractivity contribution in [1.82, 2.24) is 0 Å². The number of rotatable bonds is 1. The van der Waals surface area contributed by atoms with Crippen molar-refractivity contribution >= 4 is 27.7 Å². The number of aryl methyl sites for hydroxylation is 1. The molecule has 1 aromatic rings. The second-order valence-electron chi connectivity index (χ2n) is 6.95. The van der Waals surface area contributed by atoms with E-state index in [0.717, 1.165) is 23.0 Å². The molecule has 1 aromatic carbocycles. The molecule has 0 saturated carbocycles. The average Bonchev–Trinajstić information content (AvgIpc) is 2.35. The van der Waals surface area contributed by atoms with Crippen LogP contribution in [0.4, 0.5) is 10.5 Å². The molecule has 1 heterocycles. The van der Waals surface area contributed by atoms with Crippen LogP contribution in [0.25, 0.3) is 0 Å². The zero-order valence-electron chi connectivity index (χ0n) is 13.4. The Morgan fingerprint density at radius 2 is 2.05 bits per heavy atom. The van der Waals surface area contributed by atoms with Gasteiger partial charge in [-0.25, -0.2) is 4.79 Å². The topological polar surface area (TPSA) is 29.5 Å². The maximum atomic E-state index is 12.7. The lowest BCUT2D eigenvalue weighted by Crippen LogP contribution is -2.48. The fraction of sp³-hybridized carbons (Fsp3) is 0.588. The summed E-state index contributed by atoms with van der Waals surface area (Å²) < 4.78 is 6.59. The zero-order valence-corrected chi connectivity index (χ0v) is 15.0. The van der Waals surface area contributed by atoms with Crippen molar-refractivity contribution in [1.29, 1.82) is 0 Å². The number of fused-ring (bicyclic) bond motifs is 1. The smallest absolute Gasteiger partial charge is 0.415 e. The highest BCUT2D eigenvalue weighted by atomic mass is 79.9. The van der Waals surface area contributed by atoms with Crippen molar-refractivity contribution in [2.45, 2.75) is 59.1 Å². The fourth-order valence-electron chi connectivity index (χ4n) is 2.80. The van der Waals surface area contributed by atoms with Crippen LogP contribution in [0.3, 0.4) is 0 Å². The Balaban J connectivity index is 2.45. The van der Waals surface area contributed by atoms with E-state index in [9.17, 15) is 4.79 Å². The van der Waals surface area contributed by atoms with Crippen LogP contribution in [0.2, 0.25) is 0 Å². The molecule has 1 aliphatic heterocycles. The minimum atomic E-state index is -0.489. The molecule has 0 aliphatic carbocycles. The Morgan fingerprint density at radius 3 is 2.62 bits per heavy atom. The number of halogens is 1. The summed E-state index contributed by atoms with van der Waals surface area (Å²) in [6.07, 6.45) is 1.71. The number of carbonyl (C=O) groups excluding carboxylic acids is 1. The van der Waals surface area contributed by atoms with E-state index in [0.29, 0.717) is 5.92 Å². The Hall–Kier alpha value is -1.03. The molecule has 1 atom stereocenters. The molecule has 1 unspecified atom stereocenters. The van der Waals surface area contributed by atoms with Crippen LogP contribution in [0.1, 0.15) is 46.6 Å². The first-order valence-electron chi connectivity index (χ1n) is 7.50. The number of amides is 1. The molecule has 1 aliphatic rings. The van der Waals surface area contributed by atoms with Gasteiger partial charge in [-0.3, -0.25) is 4.90 Å². The third-order valence-corrected chi connectivity index (χ3v) is 4.35. The van der Waals surface area contributed by atoms with Crippen molar-refractivity contribution in [2.24, 2.45) is 5.92 Å². The Bertz CT molecular complexity index is 534. The summed E-state index contributed by atoms with van der Waals surface area (Å²) in [6, 6.07) is 6.27.